The van der Waals surface area contributed by atoms with Gasteiger partial charge in [0.1, 0.15) is 24.7 Å². The van der Waals surface area contributed by atoms with Crippen LogP contribution in [0.2, 0.25) is 0 Å². The molecule has 164 valence electrons. The van der Waals surface area contributed by atoms with Crippen molar-refractivity contribution in [1.29, 1.82) is 0 Å². The van der Waals surface area contributed by atoms with E-state index >= 15 is 0 Å². The Bertz CT molecular complexity index is 1050. The molecule has 0 aromatic carbocycles. The number of nitrogens with zero attached hydrogens (tertiary/aromatic N) is 5. The van der Waals surface area contributed by atoms with Gasteiger partial charge in [-0.1, -0.05) is 10.4 Å². The molecule has 1 saturated heterocycles. The minimum absolute atomic E-state index is 0.0654. The van der Waals surface area contributed by atoms with Crippen LogP contribution in [0.4, 0.5) is 5.13 Å². The van der Waals surface area contributed by atoms with Gasteiger partial charge >= 0.3 is 5.97 Å². The highest BCUT2D eigenvalue weighted by Crippen LogP contribution is 2.19. The average Bonchev–Trinajstić information content (AvgIpc) is 3.43. The third kappa shape index (κ3) is 4.77. The van der Waals surface area contributed by atoms with Crippen LogP contribution in [0, 0.1) is 0 Å². The number of ether oxygens (including phenoxy) is 1. The lowest BCUT2D eigenvalue weighted by molar-refractivity contribution is -0.137. The van der Waals surface area contributed by atoms with Gasteiger partial charge < -0.3 is 25.5 Å². The zero-order valence-corrected chi connectivity index (χ0v) is 17.6. The first-order valence-electron chi connectivity index (χ1n) is 8.42. The van der Waals surface area contributed by atoms with Gasteiger partial charge in [-0.15, -0.1) is 28.0 Å². The third-order valence-corrected chi connectivity index (χ3v) is 4.88. The summed E-state index contributed by atoms with van der Waals surface area (Å²) >= 11 is 6.48. The number of rotatable bonds is 8. The summed E-state index contributed by atoms with van der Waals surface area (Å²) in [5.74, 6) is -2.68. The number of methoxy groups -OCH3 is 1. The van der Waals surface area contributed by atoms with Crippen molar-refractivity contribution < 1.29 is 28.8 Å². The van der Waals surface area contributed by atoms with E-state index in [-0.39, 0.29) is 28.1 Å². The van der Waals surface area contributed by atoms with Gasteiger partial charge in [0.25, 0.3) is 5.91 Å². The van der Waals surface area contributed by atoms with Crippen LogP contribution in [0.3, 0.4) is 0 Å². The molecule has 0 unspecified atom stereocenters. The number of esters is 1. The van der Waals surface area contributed by atoms with Gasteiger partial charge in [0.05, 0.1) is 13.3 Å². The predicted molar refractivity (Wildman–Crippen MR) is 105 cm³/mol. The Kier molecular flexibility index (Phi) is 6.76. The number of oxime groups is 1. The van der Waals surface area contributed by atoms with Crippen molar-refractivity contribution in [3.63, 3.8) is 0 Å². The smallest absolute Gasteiger partial charge is 0.360 e. The maximum atomic E-state index is 12.7. The highest BCUT2D eigenvalue weighted by Gasteiger charge is 2.43. The second-order valence-electron chi connectivity index (χ2n) is 5.82. The molecular weight excluding hydrogens is 456 g/mol. The van der Waals surface area contributed by atoms with E-state index < -0.39 is 35.9 Å². The molecule has 3 rings (SSSR count). The number of anilines is 1. The van der Waals surface area contributed by atoms with Crippen molar-refractivity contribution in [1.82, 2.24) is 30.6 Å². The molecule has 3 amide bonds. The molecule has 3 N–H and O–H groups in total. The fraction of sp³-hybridized carbons (Fsp3) is 0.333. The van der Waals surface area contributed by atoms with Gasteiger partial charge in [-0.25, -0.2) is 14.5 Å². The molecule has 14 nitrogen and oxygen atoms in total. The molecule has 0 saturated carbocycles. The summed E-state index contributed by atoms with van der Waals surface area (Å²) in [6, 6.07) is -1.03. The first-order chi connectivity index (χ1) is 14.9. The largest absolute Gasteiger partial charge is 0.464 e. The Morgan fingerprint density at radius 2 is 2.13 bits per heavy atom. The van der Waals surface area contributed by atoms with Crippen molar-refractivity contribution >= 4 is 57.5 Å². The van der Waals surface area contributed by atoms with Gasteiger partial charge in [0, 0.05) is 5.38 Å². The number of halogens is 1. The van der Waals surface area contributed by atoms with E-state index in [0.717, 1.165) is 11.3 Å². The Morgan fingerprint density at radius 3 is 2.77 bits per heavy atom. The average molecular weight is 471 g/mol. The topological polar surface area (TPSA) is 179 Å². The van der Waals surface area contributed by atoms with Crippen LogP contribution in [0.25, 0.3) is 0 Å². The Labute approximate surface area is 182 Å². The van der Waals surface area contributed by atoms with E-state index in [1.54, 1.807) is 0 Å². The van der Waals surface area contributed by atoms with Crippen LogP contribution < -0.4 is 16.0 Å². The Morgan fingerprint density at radius 1 is 1.35 bits per heavy atom. The van der Waals surface area contributed by atoms with Crippen LogP contribution >= 0.6 is 22.9 Å². The van der Waals surface area contributed by atoms with E-state index in [2.05, 4.69) is 41.1 Å². The Balaban J connectivity index is 1.73. The summed E-state index contributed by atoms with van der Waals surface area (Å²) in [6.45, 7) is 0. The van der Waals surface area contributed by atoms with Crippen LogP contribution in [0.1, 0.15) is 22.3 Å². The van der Waals surface area contributed by atoms with Gasteiger partial charge in [-0.3, -0.25) is 14.4 Å². The van der Waals surface area contributed by atoms with Crippen LogP contribution in [-0.2, 0) is 24.0 Å². The lowest BCUT2D eigenvalue weighted by Crippen LogP contribution is -2.66. The van der Waals surface area contributed by atoms with Gasteiger partial charge in [-0.2, -0.15) is 0 Å². The zero-order valence-electron chi connectivity index (χ0n) is 16.0. The zero-order chi connectivity index (χ0) is 22.5. The summed E-state index contributed by atoms with van der Waals surface area (Å²) < 4.78 is 5.76. The standard InChI is InChI=1S/C15H15ClN8O6S/c1-29-14(28)6-4-24(23-21-6)11-10(13(27)20-11)19-12(26)9(22-30-2)7-5-31-15(17-7)18-8(25)3-16/h4-5,10-11H,3H2,1-2H3,(H,19,26)(H,20,27)(H,17,18,25)/t10-,11+/m0/s1. The van der Waals surface area contributed by atoms with E-state index in [9.17, 15) is 19.2 Å². The lowest BCUT2D eigenvalue weighted by atomic mass is 10.1. The van der Waals surface area contributed by atoms with Crippen molar-refractivity contribution in [2.75, 3.05) is 25.4 Å². The number of amides is 3. The van der Waals surface area contributed by atoms with E-state index in [4.69, 9.17) is 16.4 Å². The minimum Gasteiger partial charge on any atom is -0.464 e. The molecule has 1 aliphatic rings. The third-order valence-electron chi connectivity index (χ3n) is 3.88. The van der Waals surface area contributed by atoms with E-state index in [0.29, 0.717) is 0 Å². The van der Waals surface area contributed by atoms with Crippen LogP contribution in [0.5, 0.6) is 0 Å². The van der Waals surface area contributed by atoms with Crippen molar-refractivity contribution in [2.45, 2.75) is 12.2 Å². The molecule has 0 radical (unpaired) electrons. The van der Waals surface area contributed by atoms with Gasteiger partial charge in [0.15, 0.2) is 22.7 Å². The normalized spacial score (nSPS) is 17.9. The number of hydrogen-bond donors (Lipinski definition) is 3. The monoisotopic (exact) mass is 470 g/mol. The second-order valence-corrected chi connectivity index (χ2v) is 6.95. The molecule has 0 aliphatic carbocycles. The molecular formula is C15H15ClN8O6S. The maximum Gasteiger partial charge on any atom is 0.360 e. The lowest BCUT2D eigenvalue weighted by Gasteiger charge is -2.36. The van der Waals surface area contributed by atoms with Crippen molar-refractivity contribution in [2.24, 2.45) is 5.16 Å². The fourth-order valence-electron chi connectivity index (χ4n) is 2.44. The van der Waals surface area contributed by atoms with Crippen molar-refractivity contribution in [3.8, 4) is 0 Å². The minimum atomic E-state index is -1.03. The first kappa shape index (κ1) is 22.1. The summed E-state index contributed by atoms with van der Waals surface area (Å²) in [5, 5.41) is 20.2. The number of thiazole rings is 1. The Hall–Kier alpha value is -3.59. The number of carbonyl (C=O) groups excluding carboxylic acids is 4. The molecule has 16 heteroatoms. The van der Waals surface area contributed by atoms with Gasteiger partial charge in [-0.05, 0) is 0 Å². The number of alkyl halides is 1. The molecule has 1 aliphatic heterocycles. The molecule has 2 atom stereocenters. The molecule has 0 spiro atoms. The highest BCUT2D eigenvalue weighted by molar-refractivity contribution is 7.14. The highest BCUT2D eigenvalue weighted by atomic mass is 35.5. The fourth-order valence-corrected chi connectivity index (χ4v) is 3.22. The number of carbonyl (C=O) groups is 4. The first-order valence-corrected chi connectivity index (χ1v) is 9.83. The molecule has 1 fully saturated rings. The summed E-state index contributed by atoms with van der Waals surface area (Å²) in [6.07, 6.45) is 0.478. The number of hydrogen-bond acceptors (Lipinski definition) is 11. The SMILES string of the molecule is CON=C(C(=O)N[C@@H]1C(=O)N[C@@H]1n1cc(C(=O)OC)nn1)c1csc(NC(=O)CCl)n1. The quantitative estimate of drug-likeness (QED) is 0.141. The summed E-state index contributed by atoms with van der Waals surface area (Å²) in [5.41, 5.74) is -0.180. The summed E-state index contributed by atoms with van der Waals surface area (Å²) in [7, 11) is 2.43. The molecule has 3 heterocycles. The van der Waals surface area contributed by atoms with Crippen molar-refractivity contribution in [3.05, 3.63) is 23.0 Å². The number of β-lactam (4-membered cyclic amide) rings is 1. The van der Waals surface area contributed by atoms with Crippen LogP contribution in [0.15, 0.2) is 16.7 Å². The molecule has 31 heavy (non-hydrogen) atoms. The van der Waals surface area contributed by atoms with E-state index in [1.807, 2.05) is 0 Å². The second kappa shape index (κ2) is 9.48. The van der Waals surface area contributed by atoms with Gasteiger partial charge in [0.2, 0.25) is 11.8 Å². The predicted octanol–water partition coefficient (Wildman–Crippen LogP) is -1.14. The van der Waals surface area contributed by atoms with Crippen LogP contribution in [-0.4, -0.2) is 75.5 Å². The maximum absolute atomic E-state index is 12.7. The summed E-state index contributed by atoms with van der Waals surface area (Å²) in [4.78, 5) is 56.4. The number of nitrogens with one attached hydrogen (secondary N) is 3. The molecule has 2 aromatic rings. The van der Waals surface area contributed by atoms with E-state index in [1.165, 1.54) is 30.5 Å². The number of aromatic nitrogens is 4. The molecule has 2 aromatic heterocycles. The molecule has 0 bridgehead atoms.